The van der Waals surface area contributed by atoms with Gasteiger partial charge >= 0.3 is 0 Å². The Labute approximate surface area is 181 Å². The zero-order valence-corrected chi connectivity index (χ0v) is 18.5. The molecule has 3 aromatic rings. The molecule has 5 rings (SSSR count). The van der Waals surface area contributed by atoms with Crippen LogP contribution >= 0.6 is 0 Å². The number of hydrogen-bond donors (Lipinski definition) is 0. The Kier molecular flexibility index (Phi) is 5.63. The summed E-state index contributed by atoms with van der Waals surface area (Å²) in [6, 6.07) is 28.3. The van der Waals surface area contributed by atoms with Gasteiger partial charge in [0.25, 0.3) is 0 Å². The van der Waals surface area contributed by atoms with Crippen LogP contribution in [0.1, 0.15) is 51.7 Å². The quantitative estimate of drug-likeness (QED) is 0.430. The van der Waals surface area contributed by atoms with Crippen LogP contribution in [0.25, 0.3) is 5.57 Å². The lowest BCUT2D eigenvalue weighted by Crippen LogP contribution is -2.18. The molecule has 1 heteroatoms. The van der Waals surface area contributed by atoms with Crippen LogP contribution in [0.5, 0.6) is 0 Å². The molecular formula is C29H31N. The van der Waals surface area contributed by atoms with Crippen LogP contribution < -0.4 is 4.90 Å². The van der Waals surface area contributed by atoms with E-state index < -0.39 is 0 Å². The van der Waals surface area contributed by atoms with Gasteiger partial charge < -0.3 is 4.90 Å². The number of hydrogen-bond acceptors (Lipinski definition) is 1. The molecule has 0 N–H and O–H groups in total. The van der Waals surface area contributed by atoms with Gasteiger partial charge in [-0.25, -0.2) is 0 Å². The summed E-state index contributed by atoms with van der Waals surface area (Å²) in [4.78, 5) is 2.35. The van der Waals surface area contributed by atoms with E-state index in [9.17, 15) is 0 Å². The minimum absolute atomic E-state index is 0.0878. The molecular weight excluding hydrogens is 362 g/mol. The number of para-hydroxylation sites is 2. The molecule has 0 fully saturated rings. The van der Waals surface area contributed by atoms with Crippen molar-refractivity contribution in [3.05, 3.63) is 108 Å². The largest absolute Gasteiger partial charge is 0.310 e. The van der Waals surface area contributed by atoms with Crippen molar-refractivity contribution in [3.63, 3.8) is 0 Å². The standard InChI is InChI=1S/C27H25N.C2H6/c1-27(2)25-16-10-9-15-23(25)24-18-17-22(19-26(24)27)28(20-11-5-3-6-12-20)21-13-7-4-8-14-21;1-2/h3-9,11-15,17-19H,10,16H2,1-2H3;1-2H3. The summed E-state index contributed by atoms with van der Waals surface area (Å²) in [5.41, 5.74) is 9.55. The maximum Gasteiger partial charge on any atom is 0.0465 e. The van der Waals surface area contributed by atoms with E-state index in [1.807, 2.05) is 13.8 Å². The van der Waals surface area contributed by atoms with Crippen LogP contribution in [-0.2, 0) is 5.41 Å². The number of fused-ring (bicyclic) bond motifs is 2. The van der Waals surface area contributed by atoms with Crippen molar-refractivity contribution < 1.29 is 0 Å². The van der Waals surface area contributed by atoms with E-state index in [-0.39, 0.29) is 5.41 Å². The molecule has 0 saturated carbocycles. The molecule has 3 aromatic carbocycles. The Hall–Kier alpha value is -3.06. The highest BCUT2D eigenvalue weighted by Gasteiger charge is 2.37. The van der Waals surface area contributed by atoms with Crippen molar-refractivity contribution in [1.82, 2.24) is 0 Å². The second-order valence-corrected chi connectivity index (χ2v) is 8.19. The highest BCUT2D eigenvalue weighted by atomic mass is 15.1. The first-order chi connectivity index (χ1) is 14.7. The Morgan fingerprint density at radius 1 is 0.733 bits per heavy atom. The van der Waals surface area contributed by atoms with E-state index >= 15 is 0 Å². The summed E-state index contributed by atoms with van der Waals surface area (Å²) in [6.07, 6.45) is 6.98. The van der Waals surface area contributed by atoms with Crippen LogP contribution in [-0.4, -0.2) is 0 Å². The summed E-state index contributed by atoms with van der Waals surface area (Å²) < 4.78 is 0. The Morgan fingerprint density at radius 3 is 1.93 bits per heavy atom. The number of rotatable bonds is 3. The van der Waals surface area contributed by atoms with Gasteiger partial charge in [0.2, 0.25) is 0 Å². The summed E-state index contributed by atoms with van der Waals surface area (Å²) in [6.45, 7) is 8.76. The number of nitrogens with zero attached hydrogens (tertiary/aromatic N) is 1. The average molecular weight is 394 g/mol. The van der Waals surface area contributed by atoms with E-state index in [0.717, 1.165) is 6.42 Å². The van der Waals surface area contributed by atoms with E-state index in [4.69, 9.17) is 0 Å². The first-order valence-electron chi connectivity index (χ1n) is 11.1. The Balaban J connectivity index is 0.00000106. The van der Waals surface area contributed by atoms with Crippen LogP contribution in [0.15, 0.2) is 96.6 Å². The van der Waals surface area contributed by atoms with Crippen LogP contribution in [0, 0.1) is 0 Å². The molecule has 0 aromatic heterocycles. The van der Waals surface area contributed by atoms with Gasteiger partial charge in [0.1, 0.15) is 0 Å². The van der Waals surface area contributed by atoms with Gasteiger partial charge in [0.05, 0.1) is 0 Å². The number of allylic oxidation sites excluding steroid dienone is 4. The van der Waals surface area contributed by atoms with Crippen LogP contribution in [0.2, 0.25) is 0 Å². The fraction of sp³-hybridized carbons (Fsp3) is 0.241. The van der Waals surface area contributed by atoms with Crippen molar-refractivity contribution in [2.24, 2.45) is 0 Å². The minimum Gasteiger partial charge on any atom is -0.310 e. The maximum atomic E-state index is 2.40. The molecule has 152 valence electrons. The van der Waals surface area contributed by atoms with Gasteiger partial charge in [0.15, 0.2) is 0 Å². The van der Waals surface area contributed by atoms with Gasteiger partial charge in [-0.05, 0) is 65.9 Å². The minimum atomic E-state index is 0.0878. The van der Waals surface area contributed by atoms with E-state index in [1.54, 1.807) is 5.57 Å². The fourth-order valence-electron chi connectivity index (χ4n) is 4.75. The number of anilines is 3. The van der Waals surface area contributed by atoms with Crippen molar-refractivity contribution in [1.29, 1.82) is 0 Å². The van der Waals surface area contributed by atoms with Crippen molar-refractivity contribution in [2.75, 3.05) is 4.90 Å². The molecule has 0 heterocycles. The molecule has 0 spiro atoms. The first-order valence-corrected chi connectivity index (χ1v) is 11.1. The van der Waals surface area contributed by atoms with Gasteiger partial charge in [0, 0.05) is 22.5 Å². The molecule has 0 bridgehead atoms. The second-order valence-electron chi connectivity index (χ2n) is 8.19. The van der Waals surface area contributed by atoms with Crippen molar-refractivity contribution in [2.45, 2.75) is 46.0 Å². The SMILES string of the molecule is CC.CC1(C)C2=C(C=CCC2)c2ccc(N(c3ccccc3)c3ccccc3)cc21. The third-order valence-corrected chi connectivity index (χ3v) is 6.18. The third kappa shape index (κ3) is 3.39. The van der Waals surface area contributed by atoms with Crippen LogP contribution in [0.3, 0.4) is 0 Å². The second kappa shape index (κ2) is 8.36. The molecule has 2 aliphatic carbocycles. The Morgan fingerprint density at radius 2 is 1.33 bits per heavy atom. The monoisotopic (exact) mass is 393 g/mol. The van der Waals surface area contributed by atoms with Gasteiger partial charge in [-0.1, -0.05) is 87.9 Å². The molecule has 0 atom stereocenters. The predicted octanol–water partition coefficient (Wildman–Crippen LogP) is 8.58. The lowest BCUT2D eigenvalue weighted by atomic mass is 9.78. The van der Waals surface area contributed by atoms with Crippen LogP contribution in [0.4, 0.5) is 17.1 Å². The molecule has 0 amide bonds. The van der Waals surface area contributed by atoms with E-state index in [0.29, 0.717) is 0 Å². The van der Waals surface area contributed by atoms with Crippen molar-refractivity contribution in [3.8, 4) is 0 Å². The third-order valence-electron chi connectivity index (χ3n) is 6.18. The smallest absolute Gasteiger partial charge is 0.0465 e. The zero-order chi connectivity index (χ0) is 21.1. The van der Waals surface area contributed by atoms with Crippen molar-refractivity contribution >= 4 is 22.6 Å². The summed E-state index contributed by atoms with van der Waals surface area (Å²) in [7, 11) is 0. The molecule has 1 nitrogen and oxygen atoms in total. The first kappa shape index (κ1) is 20.2. The molecule has 0 radical (unpaired) electrons. The highest BCUT2D eigenvalue weighted by molar-refractivity contribution is 5.89. The topological polar surface area (TPSA) is 3.24 Å². The molecule has 2 aliphatic rings. The normalized spacial score (nSPS) is 15.7. The van der Waals surface area contributed by atoms with E-state index in [2.05, 4.69) is 110 Å². The summed E-state index contributed by atoms with van der Waals surface area (Å²) in [5, 5.41) is 0. The molecule has 30 heavy (non-hydrogen) atoms. The predicted molar refractivity (Wildman–Crippen MR) is 131 cm³/mol. The number of benzene rings is 3. The Bertz CT molecular complexity index is 1030. The molecule has 0 unspecified atom stereocenters. The molecule has 0 aliphatic heterocycles. The zero-order valence-electron chi connectivity index (χ0n) is 18.5. The lowest BCUT2D eigenvalue weighted by Gasteiger charge is -2.29. The highest BCUT2D eigenvalue weighted by Crippen LogP contribution is 2.51. The fourth-order valence-corrected chi connectivity index (χ4v) is 4.75. The molecule has 0 saturated heterocycles. The lowest BCUT2D eigenvalue weighted by molar-refractivity contribution is 0.607. The summed E-state index contributed by atoms with van der Waals surface area (Å²) >= 11 is 0. The van der Waals surface area contributed by atoms with E-state index in [1.165, 1.54) is 40.2 Å². The average Bonchev–Trinajstić information content (AvgIpc) is 3.04. The summed E-state index contributed by atoms with van der Waals surface area (Å²) in [5.74, 6) is 0. The van der Waals surface area contributed by atoms with Gasteiger partial charge in [-0.15, -0.1) is 0 Å². The van der Waals surface area contributed by atoms with Gasteiger partial charge in [-0.2, -0.15) is 0 Å². The van der Waals surface area contributed by atoms with Gasteiger partial charge in [-0.3, -0.25) is 0 Å². The maximum absolute atomic E-state index is 2.40.